The normalized spacial score (nSPS) is 17.7. The lowest BCUT2D eigenvalue weighted by molar-refractivity contribution is -0.196. The Balaban J connectivity index is 3.37. The van der Waals surface area contributed by atoms with Crippen LogP contribution in [0.2, 0.25) is 0 Å². The fraction of sp³-hybridized carbons (Fsp3) is 0.625. The minimum atomic E-state index is -4.63. The van der Waals surface area contributed by atoms with Crippen LogP contribution in [0, 0.1) is 5.82 Å². The smallest absolute Gasteiger partial charge is 0.411 e. The van der Waals surface area contributed by atoms with Crippen LogP contribution < -0.4 is 4.72 Å². The van der Waals surface area contributed by atoms with Crippen molar-refractivity contribution in [2.75, 3.05) is 13.2 Å². The van der Waals surface area contributed by atoms with Crippen LogP contribution in [0.3, 0.4) is 0 Å². The van der Waals surface area contributed by atoms with Crippen molar-refractivity contribution in [1.29, 1.82) is 0 Å². The van der Waals surface area contributed by atoms with E-state index in [0.717, 1.165) is 6.07 Å². The van der Waals surface area contributed by atoms with Crippen LogP contribution in [0.4, 0.5) is 17.6 Å². The number of halogens is 5. The summed E-state index contributed by atoms with van der Waals surface area (Å²) in [5, 5.41) is 9.63. The average molecular weight is 464 g/mol. The van der Waals surface area contributed by atoms with Gasteiger partial charge >= 0.3 is 6.18 Å². The number of hydrogen-bond donors (Lipinski definition) is 2. The van der Waals surface area contributed by atoms with Crippen LogP contribution in [0.5, 0.6) is 0 Å². The molecule has 0 bridgehead atoms. The maximum atomic E-state index is 14.5. The van der Waals surface area contributed by atoms with Gasteiger partial charge in [-0.3, -0.25) is 0 Å². The SMILES string of the molecule is CC(C)(C)[S+]([O-])N[C@](C)(c1cc(Br)ccc1F)C(CO)OCC(F)(F)F. The Morgan fingerprint density at radius 1 is 1.27 bits per heavy atom. The van der Waals surface area contributed by atoms with Gasteiger partial charge in [-0.2, -0.15) is 13.2 Å². The summed E-state index contributed by atoms with van der Waals surface area (Å²) in [4.78, 5) is 0. The van der Waals surface area contributed by atoms with Gasteiger partial charge in [-0.25, -0.2) is 4.39 Å². The molecule has 10 heteroatoms. The van der Waals surface area contributed by atoms with Crippen molar-refractivity contribution in [2.24, 2.45) is 0 Å². The van der Waals surface area contributed by atoms with Crippen molar-refractivity contribution >= 4 is 27.3 Å². The molecule has 2 unspecified atom stereocenters. The van der Waals surface area contributed by atoms with E-state index < -0.39 is 53.0 Å². The van der Waals surface area contributed by atoms with Crippen molar-refractivity contribution in [1.82, 2.24) is 4.72 Å². The largest absolute Gasteiger partial charge is 0.598 e. The van der Waals surface area contributed by atoms with Crippen LogP contribution in [-0.2, 0) is 21.6 Å². The molecule has 0 heterocycles. The zero-order chi connectivity index (χ0) is 20.3. The number of alkyl halides is 3. The summed E-state index contributed by atoms with van der Waals surface area (Å²) in [5.74, 6) is -0.733. The fourth-order valence-electron chi connectivity index (χ4n) is 2.13. The highest BCUT2D eigenvalue weighted by molar-refractivity contribution is 9.10. The summed E-state index contributed by atoms with van der Waals surface area (Å²) >= 11 is 1.41. The number of rotatable bonds is 7. The van der Waals surface area contributed by atoms with Gasteiger partial charge in [0.2, 0.25) is 0 Å². The summed E-state index contributed by atoms with van der Waals surface area (Å²) in [7, 11) is 0. The van der Waals surface area contributed by atoms with Gasteiger partial charge in [0.05, 0.1) is 6.61 Å². The molecule has 0 saturated heterocycles. The maximum absolute atomic E-state index is 14.5. The van der Waals surface area contributed by atoms with E-state index in [2.05, 4.69) is 20.7 Å². The van der Waals surface area contributed by atoms with Crippen molar-refractivity contribution < 1.29 is 32.0 Å². The summed E-state index contributed by atoms with van der Waals surface area (Å²) in [5.41, 5.74) is -1.77. The third kappa shape index (κ3) is 6.35. The van der Waals surface area contributed by atoms with Crippen molar-refractivity contribution in [2.45, 2.75) is 50.3 Å². The lowest BCUT2D eigenvalue weighted by Crippen LogP contribution is -2.58. The first-order chi connectivity index (χ1) is 11.7. The van der Waals surface area contributed by atoms with Gasteiger partial charge in [0, 0.05) is 21.4 Å². The highest BCUT2D eigenvalue weighted by Crippen LogP contribution is 2.34. The van der Waals surface area contributed by atoms with Crippen molar-refractivity contribution in [3.05, 3.63) is 34.1 Å². The number of hydrogen-bond acceptors (Lipinski definition) is 4. The molecule has 0 aliphatic carbocycles. The zero-order valence-electron chi connectivity index (χ0n) is 14.8. The Labute approximate surface area is 161 Å². The van der Waals surface area contributed by atoms with Crippen LogP contribution in [0.1, 0.15) is 33.3 Å². The van der Waals surface area contributed by atoms with Crippen LogP contribution in [0.15, 0.2) is 22.7 Å². The van der Waals surface area contributed by atoms with E-state index in [1.807, 2.05) is 0 Å². The molecule has 1 rings (SSSR count). The van der Waals surface area contributed by atoms with Crippen LogP contribution in [0.25, 0.3) is 0 Å². The number of ether oxygens (including phenoxy) is 1. The predicted molar refractivity (Wildman–Crippen MR) is 95.4 cm³/mol. The maximum Gasteiger partial charge on any atom is 0.411 e. The minimum absolute atomic E-state index is 0.0781. The van der Waals surface area contributed by atoms with E-state index in [1.54, 1.807) is 20.8 Å². The van der Waals surface area contributed by atoms with E-state index in [0.29, 0.717) is 4.47 Å². The molecule has 0 saturated carbocycles. The summed E-state index contributed by atoms with van der Waals surface area (Å²) in [6.45, 7) is 3.83. The molecule has 4 nitrogen and oxygen atoms in total. The number of benzene rings is 1. The molecule has 0 aliphatic heterocycles. The standard InChI is InChI=1S/C16H22BrF4NO3S/c1-14(2,3)26(24)22-15(4,11-7-10(17)5-6-12(11)18)13(8-23)25-9-16(19,20)21/h5-7,13,22-23H,8-9H2,1-4H3/t13?,15-,26?/m1/s1. The second kappa shape index (κ2) is 8.74. The Kier molecular flexibility index (Phi) is 7.95. The van der Waals surface area contributed by atoms with E-state index in [-0.39, 0.29) is 5.56 Å². The highest BCUT2D eigenvalue weighted by Gasteiger charge is 2.46. The Morgan fingerprint density at radius 2 is 1.85 bits per heavy atom. The first-order valence-corrected chi connectivity index (χ1v) is 9.59. The molecule has 1 aromatic carbocycles. The highest BCUT2D eigenvalue weighted by atomic mass is 79.9. The van der Waals surface area contributed by atoms with Gasteiger partial charge in [0.25, 0.3) is 0 Å². The van der Waals surface area contributed by atoms with Gasteiger partial charge in [0.1, 0.15) is 28.8 Å². The quantitative estimate of drug-likeness (QED) is 0.476. The molecule has 3 atom stereocenters. The van der Waals surface area contributed by atoms with E-state index >= 15 is 0 Å². The van der Waals surface area contributed by atoms with Gasteiger partial charge in [-0.15, -0.1) is 4.72 Å². The monoisotopic (exact) mass is 463 g/mol. The number of aliphatic hydroxyl groups is 1. The van der Waals surface area contributed by atoms with Crippen molar-refractivity contribution in [3.8, 4) is 0 Å². The Bertz CT molecular complexity index is 612. The van der Waals surface area contributed by atoms with Gasteiger partial charge < -0.3 is 14.4 Å². The third-order valence-electron chi connectivity index (χ3n) is 3.61. The number of nitrogens with one attached hydrogen (secondary N) is 1. The van der Waals surface area contributed by atoms with Crippen molar-refractivity contribution in [3.63, 3.8) is 0 Å². The van der Waals surface area contributed by atoms with Crippen LogP contribution in [-0.4, -0.2) is 39.9 Å². The lowest BCUT2D eigenvalue weighted by atomic mass is 9.87. The third-order valence-corrected chi connectivity index (χ3v) is 5.82. The summed E-state index contributed by atoms with van der Waals surface area (Å²) in [6.07, 6.45) is -6.13. The fourth-order valence-corrected chi connectivity index (χ4v) is 3.43. The Morgan fingerprint density at radius 3 is 2.31 bits per heavy atom. The zero-order valence-corrected chi connectivity index (χ0v) is 17.2. The molecular weight excluding hydrogens is 442 g/mol. The van der Waals surface area contributed by atoms with Gasteiger partial charge in [-0.05, 0) is 45.9 Å². The predicted octanol–water partition coefficient (Wildman–Crippen LogP) is 3.80. The second-order valence-electron chi connectivity index (χ2n) is 6.91. The molecule has 0 amide bonds. The van der Waals surface area contributed by atoms with Gasteiger partial charge in [-0.1, -0.05) is 15.9 Å². The molecular formula is C16H22BrF4NO3S. The molecule has 26 heavy (non-hydrogen) atoms. The van der Waals surface area contributed by atoms with Crippen LogP contribution >= 0.6 is 15.9 Å². The molecule has 0 aromatic heterocycles. The van der Waals surface area contributed by atoms with E-state index in [4.69, 9.17) is 4.74 Å². The lowest BCUT2D eigenvalue weighted by Gasteiger charge is -2.39. The topological polar surface area (TPSA) is 64.5 Å². The molecule has 1 aromatic rings. The van der Waals surface area contributed by atoms with Gasteiger partial charge in [0.15, 0.2) is 0 Å². The summed E-state index contributed by atoms with van der Waals surface area (Å²) < 4.78 is 71.9. The average Bonchev–Trinajstić information content (AvgIpc) is 2.48. The molecule has 0 fully saturated rings. The summed E-state index contributed by atoms with van der Waals surface area (Å²) in [6, 6.07) is 3.89. The molecule has 2 N–H and O–H groups in total. The van der Waals surface area contributed by atoms with E-state index in [9.17, 15) is 27.2 Å². The molecule has 150 valence electrons. The second-order valence-corrected chi connectivity index (χ2v) is 9.79. The van der Waals surface area contributed by atoms with E-state index in [1.165, 1.54) is 19.1 Å². The molecule has 0 radical (unpaired) electrons. The molecule has 0 spiro atoms. The first kappa shape index (κ1) is 23.6. The first-order valence-electron chi connectivity index (χ1n) is 7.65. The number of aliphatic hydroxyl groups excluding tert-OH is 1. The Hall–Kier alpha value is -0.390. The minimum Gasteiger partial charge on any atom is -0.598 e. The molecule has 0 aliphatic rings.